The predicted octanol–water partition coefficient (Wildman–Crippen LogP) is 4.24. The van der Waals surface area contributed by atoms with Gasteiger partial charge in [0.2, 0.25) is 0 Å². The standard InChI is InChI=1S/C26H30BrN7O2S/c1-16-8-10-21(11-9-16)37(35,36)34-15-22(27)24-25(30-19(4)31-26(24)34)28-12-20-6-5-7-23(32-20)33-13-17(2)29-18(3)14-33/h5-11,15,17-18,29H,12-14H2,1-4H3,(H,28,30,31)/t17-,18+. The summed E-state index contributed by atoms with van der Waals surface area (Å²) in [5.74, 6) is 1.95. The lowest BCUT2D eigenvalue weighted by atomic mass is 10.1. The molecular formula is C26H30BrN7O2S. The highest BCUT2D eigenvalue weighted by atomic mass is 79.9. The number of fused-ring (bicyclic) bond motifs is 1. The molecule has 3 aromatic heterocycles. The fourth-order valence-corrected chi connectivity index (χ4v) is 6.75. The molecule has 1 aromatic carbocycles. The van der Waals surface area contributed by atoms with Gasteiger partial charge >= 0.3 is 0 Å². The Balaban J connectivity index is 1.45. The van der Waals surface area contributed by atoms with E-state index in [-0.39, 0.29) is 4.90 Å². The number of halogens is 1. The molecule has 11 heteroatoms. The molecule has 0 aliphatic carbocycles. The van der Waals surface area contributed by atoms with Gasteiger partial charge in [-0.2, -0.15) is 0 Å². The number of pyridine rings is 1. The summed E-state index contributed by atoms with van der Waals surface area (Å²) in [4.78, 5) is 16.4. The van der Waals surface area contributed by atoms with Crippen LogP contribution < -0.4 is 15.5 Å². The largest absolute Gasteiger partial charge is 0.364 e. The smallest absolute Gasteiger partial charge is 0.269 e. The van der Waals surface area contributed by atoms with E-state index in [2.05, 4.69) is 55.3 Å². The maximum absolute atomic E-state index is 13.5. The maximum Gasteiger partial charge on any atom is 0.269 e. The average Bonchev–Trinajstić information content (AvgIpc) is 3.19. The summed E-state index contributed by atoms with van der Waals surface area (Å²) >= 11 is 3.54. The van der Waals surface area contributed by atoms with Crippen molar-refractivity contribution in [1.29, 1.82) is 0 Å². The van der Waals surface area contributed by atoms with E-state index in [1.165, 1.54) is 10.2 Å². The highest BCUT2D eigenvalue weighted by Gasteiger charge is 2.25. The number of aryl methyl sites for hydroxylation is 2. The van der Waals surface area contributed by atoms with E-state index in [0.29, 0.717) is 45.8 Å². The van der Waals surface area contributed by atoms with Crippen LogP contribution in [-0.2, 0) is 16.6 Å². The number of aromatic nitrogens is 4. The lowest BCUT2D eigenvalue weighted by Gasteiger charge is -2.37. The molecule has 0 amide bonds. The van der Waals surface area contributed by atoms with Gasteiger partial charge in [0, 0.05) is 35.8 Å². The van der Waals surface area contributed by atoms with Crippen molar-refractivity contribution in [2.24, 2.45) is 0 Å². The van der Waals surface area contributed by atoms with Crippen LogP contribution in [0.2, 0.25) is 0 Å². The minimum Gasteiger partial charge on any atom is -0.364 e. The Labute approximate surface area is 225 Å². The van der Waals surface area contributed by atoms with E-state index in [0.717, 1.165) is 30.2 Å². The molecule has 194 valence electrons. The molecule has 1 aliphatic heterocycles. The molecule has 1 saturated heterocycles. The number of nitrogens with zero attached hydrogens (tertiary/aromatic N) is 5. The van der Waals surface area contributed by atoms with Crippen LogP contribution in [0, 0.1) is 13.8 Å². The topological polar surface area (TPSA) is 105 Å². The Morgan fingerprint density at radius 1 is 1.03 bits per heavy atom. The first-order valence-electron chi connectivity index (χ1n) is 12.2. The fourth-order valence-electron chi connectivity index (χ4n) is 4.73. The third-order valence-corrected chi connectivity index (χ3v) is 8.63. The van der Waals surface area contributed by atoms with E-state index in [1.54, 1.807) is 31.2 Å². The molecule has 1 aliphatic rings. The summed E-state index contributed by atoms with van der Waals surface area (Å²) in [7, 11) is -3.84. The highest BCUT2D eigenvalue weighted by Crippen LogP contribution is 2.33. The molecule has 1 fully saturated rings. The van der Waals surface area contributed by atoms with Gasteiger partial charge < -0.3 is 15.5 Å². The zero-order valence-corrected chi connectivity index (χ0v) is 23.6. The first-order chi connectivity index (χ1) is 17.6. The summed E-state index contributed by atoms with van der Waals surface area (Å²) in [5, 5.41) is 7.51. The van der Waals surface area contributed by atoms with Crippen LogP contribution in [0.25, 0.3) is 11.0 Å². The molecule has 0 unspecified atom stereocenters. The van der Waals surface area contributed by atoms with Crippen molar-refractivity contribution in [3.05, 3.63) is 70.2 Å². The van der Waals surface area contributed by atoms with E-state index >= 15 is 0 Å². The normalized spacial score (nSPS) is 18.4. The van der Waals surface area contributed by atoms with Crippen molar-refractivity contribution in [1.82, 2.24) is 24.2 Å². The molecular weight excluding hydrogens is 554 g/mol. The summed E-state index contributed by atoms with van der Waals surface area (Å²) in [6.45, 7) is 10.3. The summed E-state index contributed by atoms with van der Waals surface area (Å²) in [6, 6.07) is 13.6. The molecule has 0 saturated carbocycles. The molecule has 37 heavy (non-hydrogen) atoms. The summed E-state index contributed by atoms with van der Waals surface area (Å²) in [6.07, 6.45) is 1.53. The van der Waals surface area contributed by atoms with E-state index in [4.69, 9.17) is 4.98 Å². The zero-order valence-electron chi connectivity index (χ0n) is 21.2. The Bertz CT molecular complexity index is 1540. The van der Waals surface area contributed by atoms with Gasteiger partial charge in [-0.05, 0) is 67.9 Å². The van der Waals surface area contributed by atoms with E-state index < -0.39 is 10.0 Å². The van der Waals surface area contributed by atoms with E-state index in [9.17, 15) is 8.42 Å². The van der Waals surface area contributed by atoms with Gasteiger partial charge in [0.1, 0.15) is 17.5 Å². The molecule has 5 rings (SSSR count). The Hall–Kier alpha value is -3.02. The second-order valence-corrected chi connectivity index (χ2v) is 12.3. The van der Waals surface area contributed by atoms with Crippen LogP contribution >= 0.6 is 15.9 Å². The number of piperazine rings is 1. The van der Waals surface area contributed by atoms with Crippen LogP contribution in [-0.4, -0.2) is 52.5 Å². The minimum atomic E-state index is -3.84. The third-order valence-electron chi connectivity index (χ3n) is 6.37. The molecule has 2 N–H and O–H groups in total. The van der Waals surface area contributed by atoms with Crippen LogP contribution in [0.15, 0.2) is 58.0 Å². The van der Waals surface area contributed by atoms with Gasteiger partial charge in [-0.25, -0.2) is 27.3 Å². The summed E-state index contributed by atoms with van der Waals surface area (Å²) < 4.78 is 28.7. The SMILES string of the molecule is Cc1ccc(S(=O)(=O)n2cc(Br)c3c(NCc4cccc(N5C[C@@H](C)N[C@@H](C)C5)n4)nc(C)nc32)cc1. The molecule has 0 radical (unpaired) electrons. The predicted molar refractivity (Wildman–Crippen MR) is 150 cm³/mol. The van der Waals surface area contributed by atoms with Gasteiger partial charge in [0.15, 0.2) is 5.65 Å². The second kappa shape index (κ2) is 10.0. The van der Waals surface area contributed by atoms with E-state index in [1.807, 2.05) is 25.1 Å². The monoisotopic (exact) mass is 583 g/mol. The zero-order chi connectivity index (χ0) is 26.3. The lowest BCUT2D eigenvalue weighted by Crippen LogP contribution is -2.54. The molecule has 2 atom stereocenters. The number of anilines is 2. The Morgan fingerprint density at radius 2 is 1.73 bits per heavy atom. The van der Waals surface area contributed by atoms with Crippen LogP contribution in [0.1, 0.15) is 30.9 Å². The number of rotatable bonds is 6. The van der Waals surface area contributed by atoms with Crippen molar-refractivity contribution >= 4 is 48.6 Å². The number of nitrogens with one attached hydrogen (secondary N) is 2. The molecule has 0 bridgehead atoms. The molecule has 4 heterocycles. The first-order valence-corrected chi connectivity index (χ1v) is 14.4. The van der Waals surface area contributed by atoms with Crippen LogP contribution in [0.3, 0.4) is 0 Å². The minimum absolute atomic E-state index is 0.200. The van der Waals surface area contributed by atoms with Crippen molar-refractivity contribution in [3.63, 3.8) is 0 Å². The molecule has 0 spiro atoms. The van der Waals surface area contributed by atoms with Gasteiger partial charge in [0.05, 0.1) is 22.5 Å². The van der Waals surface area contributed by atoms with Crippen LogP contribution in [0.5, 0.6) is 0 Å². The number of benzene rings is 1. The van der Waals surface area contributed by atoms with Gasteiger partial charge in [0.25, 0.3) is 10.0 Å². The highest BCUT2D eigenvalue weighted by molar-refractivity contribution is 9.10. The Kier molecular flexibility index (Phi) is 6.95. The maximum atomic E-state index is 13.5. The summed E-state index contributed by atoms with van der Waals surface area (Å²) in [5.41, 5.74) is 2.16. The van der Waals surface area contributed by atoms with Gasteiger partial charge in [-0.15, -0.1) is 0 Å². The number of hydrogen-bond acceptors (Lipinski definition) is 8. The number of hydrogen-bond donors (Lipinski definition) is 2. The van der Waals surface area contributed by atoms with Crippen molar-refractivity contribution in [2.45, 2.75) is 51.2 Å². The quantitative estimate of drug-likeness (QED) is 0.347. The first kappa shape index (κ1) is 25.6. The molecule has 4 aromatic rings. The second-order valence-electron chi connectivity index (χ2n) is 9.62. The third kappa shape index (κ3) is 5.21. The van der Waals surface area contributed by atoms with Crippen molar-refractivity contribution < 1.29 is 8.42 Å². The van der Waals surface area contributed by atoms with Gasteiger partial charge in [-0.1, -0.05) is 23.8 Å². The van der Waals surface area contributed by atoms with Crippen molar-refractivity contribution in [2.75, 3.05) is 23.3 Å². The molecule has 9 nitrogen and oxygen atoms in total. The van der Waals surface area contributed by atoms with Crippen molar-refractivity contribution in [3.8, 4) is 0 Å². The average molecular weight is 585 g/mol. The Morgan fingerprint density at radius 3 is 2.43 bits per heavy atom. The van der Waals surface area contributed by atoms with Gasteiger partial charge in [-0.3, -0.25) is 0 Å². The fraction of sp³-hybridized carbons (Fsp3) is 0.346. The lowest BCUT2D eigenvalue weighted by molar-refractivity contribution is 0.405. The van der Waals surface area contributed by atoms with Crippen LogP contribution in [0.4, 0.5) is 11.6 Å².